The molecule has 0 amide bonds. The number of carbonyl (C=O) groups excluding carboxylic acids is 1. The number of esters is 1. The van der Waals surface area contributed by atoms with Crippen molar-refractivity contribution in [3.63, 3.8) is 0 Å². The van der Waals surface area contributed by atoms with Crippen LogP contribution in [0.5, 0.6) is 0 Å². The van der Waals surface area contributed by atoms with Crippen LogP contribution in [-0.2, 0) is 66.4 Å². The minimum Gasteiger partial charge on any atom is -0.462 e. The summed E-state index contributed by atoms with van der Waals surface area (Å²) in [5, 5.41) is 8.72. The second kappa shape index (κ2) is 38.1. The van der Waals surface area contributed by atoms with Gasteiger partial charge in [0.25, 0.3) is 0 Å². The molecule has 0 spiro atoms. The zero-order valence-electron chi connectivity index (χ0n) is 26.5. The van der Waals surface area contributed by atoms with E-state index in [1.54, 1.807) is 7.11 Å². The van der Waals surface area contributed by atoms with Crippen LogP contribution in [0, 0.1) is 0 Å². The maximum atomic E-state index is 11.2. The Morgan fingerprint density at radius 2 is 0.636 bits per heavy atom. The number of hydrogen-bond donors (Lipinski definition) is 2. The van der Waals surface area contributed by atoms with Crippen molar-refractivity contribution in [2.45, 2.75) is 6.04 Å². The number of hydrogen-bond acceptors (Lipinski definition) is 16. The summed E-state index contributed by atoms with van der Waals surface area (Å²) >= 11 is 0. The van der Waals surface area contributed by atoms with Gasteiger partial charge in [0.15, 0.2) is 0 Å². The van der Waals surface area contributed by atoms with Crippen molar-refractivity contribution < 1.29 is 71.5 Å². The van der Waals surface area contributed by atoms with E-state index in [-0.39, 0.29) is 13.2 Å². The molecule has 0 saturated heterocycles. The molecule has 0 aromatic carbocycles. The fourth-order valence-electron chi connectivity index (χ4n) is 2.83. The lowest BCUT2D eigenvalue weighted by Gasteiger charge is -2.10. The third-order valence-electron chi connectivity index (χ3n) is 5.12. The Hall–Kier alpha value is -1.09. The average molecular weight is 648 g/mol. The molecule has 264 valence electrons. The quantitative estimate of drug-likeness (QED) is 0.0594. The van der Waals surface area contributed by atoms with E-state index in [1.165, 1.54) is 0 Å². The van der Waals surface area contributed by atoms with Gasteiger partial charge in [0.2, 0.25) is 0 Å². The van der Waals surface area contributed by atoms with Gasteiger partial charge in [-0.05, 0) is 0 Å². The van der Waals surface area contributed by atoms with Gasteiger partial charge in [0, 0.05) is 7.11 Å². The Morgan fingerprint density at radius 1 is 0.432 bits per heavy atom. The SMILES string of the molecule is COCCOCCOCCOCCOCCOCCOCCOCCOCCOCCOCCOCCOC(=O)[C@@H](N)CO. The van der Waals surface area contributed by atoms with Gasteiger partial charge >= 0.3 is 5.97 Å². The normalized spacial score (nSPS) is 12.2. The summed E-state index contributed by atoms with van der Waals surface area (Å²) in [6, 6.07) is -1.02. The van der Waals surface area contributed by atoms with Crippen molar-refractivity contribution in [1.82, 2.24) is 0 Å². The monoisotopic (exact) mass is 647 g/mol. The Morgan fingerprint density at radius 3 is 0.841 bits per heavy atom. The van der Waals surface area contributed by atoms with Crippen LogP contribution in [0.25, 0.3) is 0 Å². The molecule has 44 heavy (non-hydrogen) atoms. The number of carbonyl (C=O) groups is 1. The highest BCUT2D eigenvalue weighted by atomic mass is 16.6. The minimum absolute atomic E-state index is 0.0750. The second-order valence-electron chi connectivity index (χ2n) is 8.69. The minimum atomic E-state index is -1.02. The fourth-order valence-corrected chi connectivity index (χ4v) is 2.83. The van der Waals surface area contributed by atoms with E-state index >= 15 is 0 Å². The van der Waals surface area contributed by atoms with E-state index in [9.17, 15) is 4.79 Å². The van der Waals surface area contributed by atoms with Crippen molar-refractivity contribution in [2.24, 2.45) is 5.73 Å². The molecule has 0 radical (unpaired) electrons. The number of aliphatic hydroxyl groups is 1. The van der Waals surface area contributed by atoms with Gasteiger partial charge in [0.1, 0.15) is 12.6 Å². The number of methoxy groups -OCH3 is 1. The topological polar surface area (TPSA) is 183 Å². The molecule has 16 heteroatoms. The summed E-state index contributed by atoms with van der Waals surface area (Å²) in [5.74, 6) is -0.656. The summed E-state index contributed by atoms with van der Waals surface area (Å²) in [6.45, 7) is 10.7. The third-order valence-corrected chi connectivity index (χ3v) is 5.12. The van der Waals surface area contributed by atoms with Gasteiger partial charge in [-0.25, -0.2) is 0 Å². The predicted octanol–water partition coefficient (Wildman–Crippen LogP) is -1.32. The average Bonchev–Trinajstić information content (AvgIpc) is 3.04. The van der Waals surface area contributed by atoms with Gasteiger partial charge in [-0.15, -0.1) is 0 Å². The summed E-state index contributed by atoms with van der Waals surface area (Å²) in [6.07, 6.45) is 0. The smallest absolute Gasteiger partial charge is 0.325 e. The molecule has 1 atom stereocenters. The van der Waals surface area contributed by atoms with E-state index in [2.05, 4.69) is 0 Å². The van der Waals surface area contributed by atoms with Gasteiger partial charge < -0.3 is 72.4 Å². The van der Waals surface area contributed by atoms with Crippen molar-refractivity contribution in [3.8, 4) is 0 Å². The molecular weight excluding hydrogens is 590 g/mol. The van der Waals surface area contributed by atoms with E-state index in [0.717, 1.165) is 0 Å². The van der Waals surface area contributed by atoms with Crippen LogP contribution in [-0.4, -0.2) is 189 Å². The first-order valence-corrected chi connectivity index (χ1v) is 15.1. The summed E-state index contributed by atoms with van der Waals surface area (Å²) < 4.78 is 69.1. The first kappa shape index (κ1) is 42.9. The molecule has 0 unspecified atom stereocenters. The Labute approximate surface area is 261 Å². The van der Waals surface area contributed by atoms with Crippen LogP contribution >= 0.6 is 0 Å². The van der Waals surface area contributed by atoms with E-state index < -0.39 is 18.6 Å². The summed E-state index contributed by atoms with van der Waals surface area (Å²) in [5.41, 5.74) is 5.31. The van der Waals surface area contributed by atoms with Crippen molar-refractivity contribution in [3.05, 3.63) is 0 Å². The van der Waals surface area contributed by atoms with Gasteiger partial charge in [-0.2, -0.15) is 0 Å². The lowest BCUT2D eigenvalue weighted by atomic mass is 10.3. The van der Waals surface area contributed by atoms with Gasteiger partial charge in [-0.1, -0.05) is 0 Å². The van der Waals surface area contributed by atoms with E-state index in [1.807, 2.05) is 0 Å². The summed E-state index contributed by atoms with van der Waals surface area (Å²) in [4.78, 5) is 11.2. The number of ether oxygens (including phenoxy) is 13. The molecule has 0 aromatic heterocycles. The van der Waals surface area contributed by atoms with Gasteiger partial charge in [-0.3, -0.25) is 4.79 Å². The maximum absolute atomic E-state index is 11.2. The van der Waals surface area contributed by atoms with Crippen LogP contribution in [0.4, 0.5) is 0 Å². The third kappa shape index (κ3) is 35.4. The first-order valence-electron chi connectivity index (χ1n) is 15.1. The predicted molar refractivity (Wildman–Crippen MR) is 157 cm³/mol. The lowest BCUT2D eigenvalue weighted by molar-refractivity contribution is -0.147. The van der Waals surface area contributed by atoms with Crippen LogP contribution < -0.4 is 5.73 Å². The highest BCUT2D eigenvalue weighted by molar-refractivity contribution is 5.75. The molecule has 0 heterocycles. The van der Waals surface area contributed by atoms with Crippen LogP contribution in [0.3, 0.4) is 0 Å². The Balaban J connectivity index is 3.07. The van der Waals surface area contributed by atoms with E-state index in [0.29, 0.717) is 145 Å². The molecule has 0 aliphatic rings. The molecule has 0 aromatic rings. The highest BCUT2D eigenvalue weighted by Gasteiger charge is 2.12. The van der Waals surface area contributed by atoms with Gasteiger partial charge in [0.05, 0.1) is 159 Å². The molecule has 0 fully saturated rings. The maximum Gasteiger partial charge on any atom is 0.325 e. The zero-order valence-corrected chi connectivity index (χ0v) is 26.5. The second-order valence-corrected chi connectivity index (χ2v) is 8.69. The highest BCUT2D eigenvalue weighted by Crippen LogP contribution is 1.88. The zero-order chi connectivity index (χ0) is 32.0. The molecule has 0 aliphatic heterocycles. The molecular formula is C28H57NO15. The number of rotatable bonds is 38. The number of nitrogens with two attached hydrogens (primary N) is 1. The fraction of sp³-hybridized carbons (Fsp3) is 0.964. The molecule has 0 rings (SSSR count). The molecule has 16 nitrogen and oxygen atoms in total. The lowest BCUT2D eigenvalue weighted by Crippen LogP contribution is -2.36. The number of aliphatic hydroxyl groups excluding tert-OH is 1. The van der Waals surface area contributed by atoms with E-state index in [4.69, 9.17) is 72.4 Å². The largest absolute Gasteiger partial charge is 0.462 e. The standard InChI is InChI=1S/C28H57NO15/c1-32-2-3-33-4-5-34-6-7-35-8-9-36-10-11-37-12-13-38-14-15-39-16-17-40-18-19-41-20-21-42-22-23-43-24-25-44-28(31)27(29)26-30/h27,30H,2-26,29H2,1H3/t27-/m0/s1. The molecule has 0 bridgehead atoms. The van der Waals surface area contributed by atoms with Crippen LogP contribution in [0.15, 0.2) is 0 Å². The molecule has 0 aliphatic carbocycles. The van der Waals surface area contributed by atoms with Crippen molar-refractivity contribution in [2.75, 3.05) is 172 Å². The molecule has 3 N–H and O–H groups in total. The van der Waals surface area contributed by atoms with Crippen molar-refractivity contribution in [1.29, 1.82) is 0 Å². The van der Waals surface area contributed by atoms with Crippen molar-refractivity contribution >= 4 is 5.97 Å². The Bertz CT molecular complexity index is 565. The molecule has 0 saturated carbocycles. The van der Waals surface area contributed by atoms with Crippen LogP contribution in [0.2, 0.25) is 0 Å². The van der Waals surface area contributed by atoms with Crippen LogP contribution in [0.1, 0.15) is 0 Å². The first-order chi connectivity index (χ1) is 21.7. The summed E-state index contributed by atoms with van der Waals surface area (Å²) in [7, 11) is 1.64. The Kier molecular flexibility index (Phi) is 37.2.